The predicted octanol–water partition coefficient (Wildman–Crippen LogP) is 4.24. The molecule has 0 unspecified atom stereocenters. The standard InChI is InChI=1S/C23H19N3O2/c1-28-22-12-5-3-10-18(22)21-14-19(17-9-2-4-11-20(17)26-21)23(27)25-15-16-8-6-7-13-24-16/h2-14H,15H2,1H3,(H,25,27). The van der Waals surface area contributed by atoms with Crippen LogP contribution < -0.4 is 10.1 Å². The van der Waals surface area contributed by atoms with E-state index < -0.39 is 0 Å². The highest BCUT2D eigenvalue weighted by molar-refractivity contribution is 6.07. The molecule has 0 saturated carbocycles. The van der Waals surface area contributed by atoms with Gasteiger partial charge in [-0.25, -0.2) is 4.98 Å². The number of fused-ring (bicyclic) bond motifs is 1. The van der Waals surface area contributed by atoms with Gasteiger partial charge in [0.25, 0.3) is 5.91 Å². The van der Waals surface area contributed by atoms with Crippen molar-refractivity contribution in [3.05, 3.63) is 90.3 Å². The van der Waals surface area contributed by atoms with Gasteiger partial charge < -0.3 is 10.1 Å². The van der Waals surface area contributed by atoms with E-state index in [1.807, 2.05) is 72.8 Å². The number of carbonyl (C=O) groups is 1. The molecule has 0 atom stereocenters. The van der Waals surface area contributed by atoms with E-state index in [0.717, 1.165) is 22.2 Å². The first-order valence-electron chi connectivity index (χ1n) is 8.97. The maximum atomic E-state index is 13.0. The summed E-state index contributed by atoms with van der Waals surface area (Å²) in [5.41, 5.74) is 3.67. The molecule has 0 spiro atoms. The summed E-state index contributed by atoms with van der Waals surface area (Å²) in [4.78, 5) is 22.0. The van der Waals surface area contributed by atoms with E-state index in [9.17, 15) is 4.79 Å². The highest BCUT2D eigenvalue weighted by Gasteiger charge is 2.15. The first-order chi connectivity index (χ1) is 13.8. The summed E-state index contributed by atoms with van der Waals surface area (Å²) in [6.07, 6.45) is 1.71. The summed E-state index contributed by atoms with van der Waals surface area (Å²) in [5.74, 6) is 0.547. The van der Waals surface area contributed by atoms with Crippen LogP contribution >= 0.6 is 0 Å². The zero-order chi connectivity index (χ0) is 19.3. The lowest BCUT2D eigenvalue weighted by atomic mass is 10.0. The molecule has 0 aliphatic rings. The van der Waals surface area contributed by atoms with Crippen molar-refractivity contribution in [1.82, 2.24) is 15.3 Å². The number of pyridine rings is 2. The van der Waals surface area contributed by atoms with Crippen molar-refractivity contribution in [3.8, 4) is 17.0 Å². The Balaban J connectivity index is 1.75. The van der Waals surface area contributed by atoms with Gasteiger partial charge in [-0.2, -0.15) is 0 Å². The third-order valence-electron chi connectivity index (χ3n) is 4.50. The zero-order valence-corrected chi connectivity index (χ0v) is 15.4. The van der Waals surface area contributed by atoms with E-state index in [2.05, 4.69) is 10.3 Å². The molecule has 0 aliphatic heterocycles. The topological polar surface area (TPSA) is 64.1 Å². The lowest BCUT2D eigenvalue weighted by Gasteiger charge is -2.12. The monoisotopic (exact) mass is 369 g/mol. The first-order valence-corrected chi connectivity index (χ1v) is 8.97. The van der Waals surface area contributed by atoms with Gasteiger partial charge in [-0.1, -0.05) is 36.4 Å². The molecule has 2 aromatic heterocycles. The maximum absolute atomic E-state index is 13.0. The molecule has 0 fully saturated rings. The first kappa shape index (κ1) is 17.7. The van der Waals surface area contributed by atoms with Crippen molar-refractivity contribution in [2.24, 2.45) is 0 Å². The van der Waals surface area contributed by atoms with Crippen molar-refractivity contribution in [2.45, 2.75) is 6.54 Å². The number of carbonyl (C=O) groups excluding carboxylic acids is 1. The highest BCUT2D eigenvalue weighted by atomic mass is 16.5. The summed E-state index contributed by atoms with van der Waals surface area (Å²) in [5, 5.41) is 3.76. The minimum atomic E-state index is -0.166. The van der Waals surface area contributed by atoms with Gasteiger partial charge in [-0.05, 0) is 36.4 Å². The molecule has 138 valence electrons. The van der Waals surface area contributed by atoms with Gasteiger partial charge in [-0.3, -0.25) is 9.78 Å². The number of rotatable bonds is 5. The van der Waals surface area contributed by atoms with Gasteiger partial charge in [0.1, 0.15) is 5.75 Å². The smallest absolute Gasteiger partial charge is 0.252 e. The molecule has 0 radical (unpaired) electrons. The SMILES string of the molecule is COc1ccccc1-c1cc(C(=O)NCc2ccccn2)c2ccccc2n1. The number of nitrogens with one attached hydrogen (secondary N) is 1. The Morgan fingerprint density at radius 3 is 2.61 bits per heavy atom. The van der Waals surface area contributed by atoms with Crippen molar-refractivity contribution in [1.29, 1.82) is 0 Å². The van der Waals surface area contributed by atoms with Gasteiger partial charge in [-0.15, -0.1) is 0 Å². The number of methoxy groups -OCH3 is 1. The average Bonchev–Trinajstić information content (AvgIpc) is 2.77. The van der Waals surface area contributed by atoms with Gasteiger partial charge in [0.05, 0.1) is 36.1 Å². The van der Waals surface area contributed by atoms with E-state index in [1.54, 1.807) is 13.3 Å². The van der Waals surface area contributed by atoms with Crippen LogP contribution in [0.15, 0.2) is 79.0 Å². The summed E-state index contributed by atoms with van der Waals surface area (Å²) >= 11 is 0. The Labute approximate surface area is 163 Å². The minimum absolute atomic E-state index is 0.166. The van der Waals surface area contributed by atoms with E-state index in [1.165, 1.54) is 0 Å². The predicted molar refractivity (Wildman–Crippen MR) is 109 cm³/mol. The van der Waals surface area contributed by atoms with Gasteiger partial charge in [0.2, 0.25) is 0 Å². The number of ether oxygens (including phenoxy) is 1. The molecule has 0 saturated heterocycles. The number of aromatic nitrogens is 2. The molecular formula is C23H19N3O2. The van der Waals surface area contributed by atoms with Crippen LogP contribution in [0.5, 0.6) is 5.75 Å². The van der Waals surface area contributed by atoms with Crippen LogP contribution in [0.2, 0.25) is 0 Å². The summed E-state index contributed by atoms with van der Waals surface area (Å²) < 4.78 is 5.47. The minimum Gasteiger partial charge on any atom is -0.496 e. The van der Waals surface area contributed by atoms with Gasteiger partial charge in [0, 0.05) is 17.1 Å². The second-order valence-electron chi connectivity index (χ2n) is 6.28. The summed E-state index contributed by atoms with van der Waals surface area (Å²) in [7, 11) is 1.63. The zero-order valence-electron chi connectivity index (χ0n) is 15.4. The van der Waals surface area contributed by atoms with Crippen LogP contribution in [-0.4, -0.2) is 23.0 Å². The van der Waals surface area contributed by atoms with Crippen LogP contribution in [-0.2, 0) is 6.54 Å². The molecular weight excluding hydrogens is 350 g/mol. The van der Waals surface area contributed by atoms with E-state index in [4.69, 9.17) is 9.72 Å². The number of benzene rings is 2. The quantitative estimate of drug-likeness (QED) is 0.572. The van der Waals surface area contributed by atoms with E-state index >= 15 is 0 Å². The van der Waals surface area contributed by atoms with Crippen molar-refractivity contribution < 1.29 is 9.53 Å². The van der Waals surface area contributed by atoms with Gasteiger partial charge in [0.15, 0.2) is 0 Å². The van der Waals surface area contributed by atoms with Gasteiger partial charge >= 0.3 is 0 Å². The molecule has 0 bridgehead atoms. The molecule has 5 nitrogen and oxygen atoms in total. The fourth-order valence-corrected chi connectivity index (χ4v) is 3.13. The Morgan fingerprint density at radius 2 is 1.79 bits per heavy atom. The third-order valence-corrected chi connectivity index (χ3v) is 4.50. The number of hydrogen-bond acceptors (Lipinski definition) is 4. The van der Waals surface area contributed by atoms with Crippen LogP contribution in [0, 0.1) is 0 Å². The lowest BCUT2D eigenvalue weighted by molar-refractivity contribution is 0.0952. The second-order valence-corrected chi connectivity index (χ2v) is 6.28. The number of para-hydroxylation sites is 2. The van der Waals surface area contributed by atoms with Crippen molar-refractivity contribution in [3.63, 3.8) is 0 Å². The van der Waals surface area contributed by atoms with Crippen molar-refractivity contribution in [2.75, 3.05) is 7.11 Å². The Morgan fingerprint density at radius 1 is 1.00 bits per heavy atom. The third kappa shape index (κ3) is 3.55. The highest BCUT2D eigenvalue weighted by Crippen LogP contribution is 2.31. The van der Waals surface area contributed by atoms with E-state index in [0.29, 0.717) is 23.6 Å². The number of amides is 1. The summed E-state index contributed by atoms with van der Waals surface area (Å²) in [6, 6.07) is 22.7. The van der Waals surface area contributed by atoms with E-state index in [-0.39, 0.29) is 5.91 Å². The lowest BCUT2D eigenvalue weighted by Crippen LogP contribution is -2.23. The fraction of sp³-hybridized carbons (Fsp3) is 0.0870. The Bertz CT molecular complexity index is 1130. The number of hydrogen-bond donors (Lipinski definition) is 1. The summed E-state index contributed by atoms with van der Waals surface area (Å²) in [6.45, 7) is 0.361. The average molecular weight is 369 g/mol. The van der Waals surface area contributed by atoms with Crippen LogP contribution in [0.25, 0.3) is 22.2 Å². The van der Waals surface area contributed by atoms with Crippen molar-refractivity contribution >= 4 is 16.8 Å². The largest absolute Gasteiger partial charge is 0.496 e. The molecule has 0 aliphatic carbocycles. The second kappa shape index (κ2) is 7.88. The fourth-order valence-electron chi connectivity index (χ4n) is 3.13. The molecule has 1 amide bonds. The molecule has 1 N–H and O–H groups in total. The molecule has 28 heavy (non-hydrogen) atoms. The molecule has 2 heterocycles. The molecule has 2 aromatic carbocycles. The maximum Gasteiger partial charge on any atom is 0.252 e. The normalized spacial score (nSPS) is 10.6. The van der Waals surface area contributed by atoms with Crippen LogP contribution in [0.3, 0.4) is 0 Å². The molecule has 4 aromatic rings. The van der Waals surface area contributed by atoms with Crippen LogP contribution in [0.1, 0.15) is 16.1 Å². The Hall–Kier alpha value is -3.73. The Kier molecular flexibility index (Phi) is 4.97. The number of nitrogens with zero attached hydrogens (tertiary/aromatic N) is 2. The molecule has 4 rings (SSSR count). The van der Waals surface area contributed by atoms with Crippen LogP contribution in [0.4, 0.5) is 0 Å². The molecule has 5 heteroatoms.